The van der Waals surface area contributed by atoms with E-state index in [1.807, 2.05) is 74.5 Å². The van der Waals surface area contributed by atoms with Gasteiger partial charge in [-0.3, -0.25) is 9.97 Å². The van der Waals surface area contributed by atoms with Crippen LogP contribution in [0.5, 0.6) is 0 Å². The molecule has 0 atom stereocenters. The van der Waals surface area contributed by atoms with Gasteiger partial charge in [0.2, 0.25) is 0 Å². The first-order chi connectivity index (χ1) is 16.9. The van der Waals surface area contributed by atoms with Gasteiger partial charge in [-0.1, -0.05) is 82.5 Å². The third-order valence-corrected chi connectivity index (χ3v) is 6.39. The molecule has 0 amide bonds. The van der Waals surface area contributed by atoms with Crippen LogP contribution in [0.25, 0.3) is 33.4 Å². The number of benzene rings is 2. The van der Waals surface area contributed by atoms with Gasteiger partial charge in [0.1, 0.15) is 0 Å². The molecule has 4 nitrogen and oxygen atoms in total. The van der Waals surface area contributed by atoms with Crippen molar-refractivity contribution in [1.29, 1.82) is 0 Å². The number of fused-ring (bicyclic) bond motifs is 2. The maximum atomic E-state index is 14.5. The molecule has 180 valence electrons. The Hall–Kier alpha value is -3.63. The summed E-state index contributed by atoms with van der Waals surface area (Å²) in [5.41, 5.74) is 2.33. The Balaban J connectivity index is 0.00000267. The van der Waals surface area contributed by atoms with Gasteiger partial charge in [0, 0.05) is 16.8 Å². The molecule has 6 aromatic rings. The number of pyridine rings is 2. The molecule has 0 fully saturated rings. The molecular weight excluding hydrogens is 637 g/mol. The fourth-order valence-electron chi connectivity index (χ4n) is 4.43. The summed E-state index contributed by atoms with van der Waals surface area (Å²) < 4.78 is 32.2. The molecule has 0 bridgehead atoms. The topological polar surface area (TPSA) is 35.6 Å². The maximum absolute atomic E-state index is 14.5. The summed E-state index contributed by atoms with van der Waals surface area (Å²) >= 11 is 0. The van der Waals surface area contributed by atoms with Crippen LogP contribution in [0.3, 0.4) is 0 Å². The first kappa shape index (κ1) is 24.1. The monoisotopic (exact) mass is 657 g/mol. The number of hydrogen-bond donors (Lipinski definition) is 0. The van der Waals surface area contributed by atoms with Gasteiger partial charge in [0.05, 0.1) is 23.3 Å². The quantitative estimate of drug-likeness (QED) is 0.201. The van der Waals surface area contributed by atoms with Crippen molar-refractivity contribution in [2.24, 2.45) is 0 Å². The molecule has 4 aromatic heterocycles. The van der Waals surface area contributed by atoms with Crippen LogP contribution < -0.4 is 0 Å². The fraction of sp³-hybridized carbons (Fsp3) is 0.103. The van der Waals surface area contributed by atoms with Gasteiger partial charge in [0.25, 0.3) is 0 Å². The van der Waals surface area contributed by atoms with E-state index in [4.69, 9.17) is 9.97 Å². The molecule has 0 aliphatic rings. The molecule has 0 radical (unpaired) electrons. The Morgan fingerprint density at radius 3 is 1.47 bits per heavy atom. The molecule has 0 saturated heterocycles. The zero-order valence-electron chi connectivity index (χ0n) is 19.4. The number of hydrogen-bond acceptors (Lipinski definition) is 2. The van der Waals surface area contributed by atoms with Gasteiger partial charge in [-0.15, -0.1) is 12.1 Å². The first-order valence-electron chi connectivity index (χ1n) is 11.3. The number of rotatable bonds is 4. The Morgan fingerprint density at radius 2 is 1.03 bits per heavy atom. The number of aromatic nitrogens is 4. The van der Waals surface area contributed by atoms with Crippen molar-refractivity contribution in [2.75, 3.05) is 0 Å². The van der Waals surface area contributed by atoms with E-state index in [2.05, 4.69) is 12.4 Å². The largest absolute Gasteiger partial charge is 2.00 e. The molecule has 2 aromatic carbocycles. The summed E-state index contributed by atoms with van der Waals surface area (Å²) in [6.45, 7) is 4.06. The van der Waals surface area contributed by atoms with Gasteiger partial charge >= 0.3 is 21.1 Å². The van der Waals surface area contributed by atoms with Crippen LogP contribution in [0.1, 0.15) is 25.2 Å². The molecule has 0 spiro atoms. The SMILES string of the molecule is CC(C)(c1cccc(-n2[c-]c(F)c3ccccc32)n1)c1cccc(-n2[c-]c(F)c3ccccc32)n1.[Pt+2]. The average Bonchev–Trinajstić information content (AvgIpc) is 3.41. The normalized spacial score (nSPS) is 11.7. The van der Waals surface area contributed by atoms with Crippen LogP contribution in [0, 0.1) is 24.0 Å². The van der Waals surface area contributed by atoms with Crippen LogP contribution in [-0.4, -0.2) is 19.1 Å². The van der Waals surface area contributed by atoms with Crippen LogP contribution in [-0.2, 0) is 26.5 Å². The molecule has 6 rings (SSSR count). The van der Waals surface area contributed by atoms with E-state index >= 15 is 0 Å². The summed E-state index contributed by atoms with van der Waals surface area (Å²) in [5, 5.41) is 0.992. The van der Waals surface area contributed by atoms with Crippen molar-refractivity contribution < 1.29 is 29.8 Å². The molecule has 36 heavy (non-hydrogen) atoms. The molecule has 7 heteroatoms. The Kier molecular flexibility index (Phi) is 6.09. The number of para-hydroxylation sites is 2. The number of halogens is 2. The summed E-state index contributed by atoms with van der Waals surface area (Å²) in [4.78, 5) is 9.72. The molecule has 4 heterocycles. The van der Waals surface area contributed by atoms with Crippen molar-refractivity contribution in [1.82, 2.24) is 19.1 Å². The van der Waals surface area contributed by atoms with Crippen molar-refractivity contribution in [3.8, 4) is 11.6 Å². The molecular formula is C29H20F2N4Pt. The van der Waals surface area contributed by atoms with Crippen molar-refractivity contribution in [3.63, 3.8) is 0 Å². The molecule has 0 saturated carbocycles. The van der Waals surface area contributed by atoms with Crippen molar-refractivity contribution in [2.45, 2.75) is 19.3 Å². The van der Waals surface area contributed by atoms with Crippen LogP contribution in [0.15, 0.2) is 84.9 Å². The minimum absolute atomic E-state index is 0. The van der Waals surface area contributed by atoms with E-state index in [1.54, 1.807) is 33.4 Å². The second-order valence-electron chi connectivity index (χ2n) is 8.94. The molecule has 0 aliphatic carbocycles. The standard InChI is InChI=1S/C29H20F2N4.Pt/c1-29(2,25-13-7-15-27(32-25)34-17-21(30)19-9-3-5-11-23(19)34)26-14-8-16-28(33-26)35-18-22(31)20-10-4-6-12-24(20)35;/h3-16H,1-2H3;/q-2;+2. The van der Waals surface area contributed by atoms with Crippen molar-refractivity contribution >= 4 is 21.8 Å². The minimum Gasteiger partial charge on any atom is -0.426 e. The Morgan fingerprint density at radius 1 is 0.611 bits per heavy atom. The summed E-state index contributed by atoms with van der Waals surface area (Å²) in [5.74, 6) is 0.310. The fourth-order valence-corrected chi connectivity index (χ4v) is 4.43. The van der Waals surface area contributed by atoms with Gasteiger partial charge in [-0.05, 0) is 38.4 Å². The second kappa shape index (κ2) is 9.10. The zero-order chi connectivity index (χ0) is 24.2. The predicted octanol–water partition coefficient (Wildman–Crippen LogP) is 6.57. The van der Waals surface area contributed by atoms with Gasteiger partial charge in [-0.2, -0.15) is 0 Å². The van der Waals surface area contributed by atoms with E-state index in [1.165, 1.54) is 0 Å². The average molecular weight is 658 g/mol. The summed E-state index contributed by atoms with van der Waals surface area (Å²) in [6, 6.07) is 25.8. The molecule has 0 N–H and O–H groups in total. The van der Waals surface area contributed by atoms with E-state index in [-0.39, 0.29) is 21.1 Å². The summed E-state index contributed by atoms with van der Waals surface area (Å²) in [7, 11) is 0. The van der Waals surface area contributed by atoms with Gasteiger partial charge in [-0.25, -0.2) is 8.78 Å². The molecule has 0 aliphatic heterocycles. The maximum Gasteiger partial charge on any atom is 2.00 e. The summed E-state index contributed by atoms with van der Waals surface area (Å²) in [6.07, 6.45) is 5.53. The van der Waals surface area contributed by atoms with E-state index < -0.39 is 17.0 Å². The minimum atomic E-state index is -0.588. The van der Waals surface area contributed by atoms with Gasteiger partial charge in [0.15, 0.2) is 0 Å². The van der Waals surface area contributed by atoms with E-state index in [0.29, 0.717) is 33.4 Å². The van der Waals surface area contributed by atoms with E-state index in [9.17, 15) is 8.78 Å². The smallest absolute Gasteiger partial charge is 0.426 e. The third kappa shape index (κ3) is 3.86. The first-order valence-corrected chi connectivity index (χ1v) is 11.3. The van der Waals surface area contributed by atoms with Gasteiger partial charge < -0.3 is 9.13 Å². The molecule has 0 unspecified atom stereocenters. The predicted molar refractivity (Wildman–Crippen MR) is 132 cm³/mol. The van der Waals surface area contributed by atoms with Crippen LogP contribution in [0.4, 0.5) is 8.78 Å². The Labute approximate surface area is 221 Å². The third-order valence-electron chi connectivity index (χ3n) is 6.39. The number of nitrogens with zero attached hydrogens (tertiary/aromatic N) is 4. The second-order valence-corrected chi connectivity index (χ2v) is 8.94. The zero-order valence-corrected chi connectivity index (χ0v) is 21.7. The van der Waals surface area contributed by atoms with Crippen molar-refractivity contribution in [3.05, 3.63) is 120 Å². The van der Waals surface area contributed by atoms with E-state index in [0.717, 1.165) is 11.4 Å². The van der Waals surface area contributed by atoms with Crippen LogP contribution in [0.2, 0.25) is 0 Å². The van der Waals surface area contributed by atoms with Crippen LogP contribution >= 0.6 is 0 Å². The Bertz CT molecular complexity index is 1590.